The molecule has 8 heteroatoms. The molecule has 0 aliphatic carbocycles. The van der Waals surface area contributed by atoms with Gasteiger partial charge >= 0.3 is 0 Å². The second kappa shape index (κ2) is 8.94. The maximum Gasteiger partial charge on any atom is 0.273 e. The Bertz CT molecular complexity index is 1370. The summed E-state index contributed by atoms with van der Waals surface area (Å²) in [5.41, 5.74) is 6.38. The average molecular weight is 486 g/mol. The Kier molecular flexibility index (Phi) is 5.62. The number of nitrogens with zero attached hydrogens (tertiary/aromatic N) is 5. The van der Waals surface area contributed by atoms with Crippen LogP contribution in [-0.2, 0) is 7.05 Å². The van der Waals surface area contributed by atoms with Crippen molar-refractivity contribution in [2.24, 2.45) is 7.05 Å². The van der Waals surface area contributed by atoms with E-state index in [0.29, 0.717) is 24.8 Å². The molecule has 35 heavy (non-hydrogen) atoms. The zero-order valence-electron chi connectivity index (χ0n) is 19.6. The molecule has 2 aliphatic rings. The Morgan fingerprint density at radius 1 is 0.943 bits per heavy atom. The Morgan fingerprint density at radius 3 is 2.43 bits per heavy atom. The second-order valence-corrected chi connectivity index (χ2v) is 10.0. The molecular weight excluding hydrogens is 458 g/mol. The van der Waals surface area contributed by atoms with Gasteiger partial charge in [-0.25, -0.2) is 4.98 Å². The number of benzene rings is 2. The number of likely N-dealkylation sites (tertiary alicyclic amines) is 1. The first-order valence-electron chi connectivity index (χ1n) is 11.9. The van der Waals surface area contributed by atoms with Crippen molar-refractivity contribution in [1.29, 1.82) is 0 Å². The van der Waals surface area contributed by atoms with Crippen LogP contribution in [0.15, 0.2) is 65.6 Å². The van der Waals surface area contributed by atoms with Crippen LogP contribution in [0.2, 0.25) is 0 Å². The molecule has 0 unspecified atom stereocenters. The first kappa shape index (κ1) is 22.0. The van der Waals surface area contributed by atoms with Crippen LogP contribution in [0.4, 0.5) is 0 Å². The molecule has 0 N–H and O–H groups in total. The van der Waals surface area contributed by atoms with Crippen LogP contribution in [0, 0.1) is 0 Å². The Balaban J connectivity index is 1.08. The summed E-state index contributed by atoms with van der Waals surface area (Å²) >= 11 is 1.44. The number of aromatic nitrogens is 2. The van der Waals surface area contributed by atoms with Crippen LogP contribution in [0.5, 0.6) is 0 Å². The number of hydrogen-bond acceptors (Lipinski definition) is 5. The van der Waals surface area contributed by atoms with E-state index in [1.165, 1.54) is 22.5 Å². The number of carbonyl (C=O) groups excluding carboxylic acids is 2. The van der Waals surface area contributed by atoms with E-state index in [9.17, 15) is 9.59 Å². The molecule has 4 heterocycles. The summed E-state index contributed by atoms with van der Waals surface area (Å²) in [6.45, 7) is 4.54. The van der Waals surface area contributed by atoms with E-state index in [1.807, 2.05) is 47.2 Å². The third kappa shape index (κ3) is 4.02. The highest BCUT2D eigenvalue weighted by atomic mass is 32.1. The number of fused-ring (bicyclic) bond motifs is 1. The highest BCUT2D eigenvalue weighted by Gasteiger charge is 2.37. The second-order valence-electron chi connectivity index (χ2n) is 9.32. The van der Waals surface area contributed by atoms with Gasteiger partial charge in [0.25, 0.3) is 11.8 Å². The van der Waals surface area contributed by atoms with Crippen molar-refractivity contribution in [3.05, 3.63) is 76.9 Å². The molecule has 0 saturated carbocycles. The fourth-order valence-electron chi connectivity index (χ4n) is 5.17. The van der Waals surface area contributed by atoms with Crippen molar-refractivity contribution in [2.75, 3.05) is 39.3 Å². The van der Waals surface area contributed by atoms with Gasteiger partial charge < -0.3 is 14.4 Å². The molecule has 2 saturated heterocycles. The molecule has 4 aromatic rings. The Hall–Kier alpha value is -3.49. The molecule has 2 aromatic heterocycles. The SMILES string of the molecule is Cn1cc(-c2ccccc2)c2ccc(C(=O)N3CC(N4CCN(C(=O)c5cscn5)CC4)C3)cc21. The van der Waals surface area contributed by atoms with Crippen molar-refractivity contribution in [3.8, 4) is 11.1 Å². The van der Waals surface area contributed by atoms with E-state index in [2.05, 4.69) is 38.8 Å². The van der Waals surface area contributed by atoms with Gasteiger partial charge in [0.05, 0.1) is 5.51 Å². The fourth-order valence-corrected chi connectivity index (χ4v) is 5.70. The minimum atomic E-state index is 0.0165. The lowest BCUT2D eigenvalue weighted by Crippen LogP contribution is -2.64. The van der Waals surface area contributed by atoms with Crippen molar-refractivity contribution in [3.63, 3.8) is 0 Å². The highest BCUT2D eigenvalue weighted by molar-refractivity contribution is 7.07. The van der Waals surface area contributed by atoms with Crippen LogP contribution >= 0.6 is 11.3 Å². The number of amides is 2. The zero-order chi connectivity index (χ0) is 23.9. The van der Waals surface area contributed by atoms with E-state index in [0.717, 1.165) is 42.6 Å². The molecule has 6 rings (SSSR count). The Morgan fingerprint density at radius 2 is 1.71 bits per heavy atom. The van der Waals surface area contributed by atoms with Gasteiger partial charge in [-0.2, -0.15) is 0 Å². The fraction of sp³-hybridized carbons (Fsp3) is 0.296. The predicted molar refractivity (Wildman–Crippen MR) is 138 cm³/mol. The number of thiazole rings is 1. The summed E-state index contributed by atoms with van der Waals surface area (Å²) in [5, 5.41) is 2.96. The summed E-state index contributed by atoms with van der Waals surface area (Å²) < 4.78 is 2.10. The third-order valence-corrected chi connectivity index (χ3v) is 7.83. The molecule has 0 radical (unpaired) electrons. The summed E-state index contributed by atoms with van der Waals surface area (Å²) in [7, 11) is 2.03. The monoisotopic (exact) mass is 485 g/mol. The number of aryl methyl sites for hydroxylation is 1. The van der Waals surface area contributed by atoms with Crippen LogP contribution in [0.25, 0.3) is 22.0 Å². The summed E-state index contributed by atoms with van der Waals surface area (Å²) in [6, 6.07) is 16.7. The van der Waals surface area contributed by atoms with Crippen LogP contribution < -0.4 is 0 Å². The number of hydrogen-bond donors (Lipinski definition) is 0. The maximum absolute atomic E-state index is 13.2. The normalized spacial score (nSPS) is 17.1. The van der Waals surface area contributed by atoms with Gasteiger partial charge in [-0.15, -0.1) is 11.3 Å². The smallest absolute Gasteiger partial charge is 0.273 e. The third-order valence-electron chi connectivity index (χ3n) is 7.24. The van der Waals surface area contributed by atoms with Gasteiger partial charge in [-0.05, 0) is 17.7 Å². The Labute approximate surface area is 208 Å². The van der Waals surface area contributed by atoms with Gasteiger partial charge in [0.15, 0.2) is 0 Å². The number of piperazine rings is 1. The first-order chi connectivity index (χ1) is 17.1. The minimum absolute atomic E-state index is 0.0165. The van der Waals surface area contributed by atoms with E-state index in [-0.39, 0.29) is 11.8 Å². The van der Waals surface area contributed by atoms with E-state index in [1.54, 1.807) is 10.9 Å². The van der Waals surface area contributed by atoms with Crippen molar-refractivity contribution < 1.29 is 9.59 Å². The lowest BCUT2D eigenvalue weighted by atomic mass is 10.0. The topological polar surface area (TPSA) is 61.7 Å². The van der Waals surface area contributed by atoms with Crippen LogP contribution in [-0.4, -0.2) is 81.4 Å². The van der Waals surface area contributed by atoms with Gasteiger partial charge in [0.1, 0.15) is 5.69 Å². The lowest BCUT2D eigenvalue weighted by Gasteiger charge is -2.48. The van der Waals surface area contributed by atoms with E-state index < -0.39 is 0 Å². The average Bonchev–Trinajstić information content (AvgIpc) is 3.52. The van der Waals surface area contributed by atoms with Crippen molar-refractivity contribution in [1.82, 2.24) is 24.3 Å². The highest BCUT2D eigenvalue weighted by Crippen LogP contribution is 2.31. The largest absolute Gasteiger partial charge is 0.350 e. The van der Waals surface area contributed by atoms with Crippen LogP contribution in [0.3, 0.4) is 0 Å². The van der Waals surface area contributed by atoms with Crippen molar-refractivity contribution in [2.45, 2.75) is 6.04 Å². The van der Waals surface area contributed by atoms with Crippen LogP contribution in [0.1, 0.15) is 20.8 Å². The molecular formula is C27H27N5O2S. The van der Waals surface area contributed by atoms with E-state index in [4.69, 9.17) is 0 Å². The summed E-state index contributed by atoms with van der Waals surface area (Å²) in [5.74, 6) is 0.103. The van der Waals surface area contributed by atoms with Gasteiger partial charge in [0.2, 0.25) is 0 Å². The van der Waals surface area contributed by atoms with Gasteiger partial charge in [-0.3, -0.25) is 14.5 Å². The molecule has 2 aliphatic heterocycles. The predicted octanol–water partition coefficient (Wildman–Crippen LogP) is 3.58. The summed E-state index contributed by atoms with van der Waals surface area (Å²) in [4.78, 5) is 36.1. The minimum Gasteiger partial charge on any atom is -0.350 e. The molecule has 0 spiro atoms. The zero-order valence-corrected chi connectivity index (χ0v) is 20.4. The first-order valence-corrected chi connectivity index (χ1v) is 12.9. The molecule has 178 valence electrons. The molecule has 2 aromatic carbocycles. The summed E-state index contributed by atoms with van der Waals surface area (Å²) in [6.07, 6.45) is 2.13. The van der Waals surface area contributed by atoms with Gasteiger partial charge in [-0.1, -0.05) is 36.4 Å². The molecule has 0 bridgehead atoms. The maximum atomic E-state index is 13.2. The molecule has 0 atom stereocenters. The van der Waals surface area contributed by atoms with E-state index >= 15 is 0 Å². The van der Waals surface area contributed by atoms with Crippen molar-refractivity contribution >= 4 is 34.1 Å². The molecule has 7 nitrogen and oxygen atoms in total. The molecule has 2 amide bonds. The lowest BCUT2D eigenvalue weighted by molar-refractivity contribution is 0.00844. The number of carbonyl (C=O) groups is 2. The standard InChI is InChI=1S/C27H27N5O2S/c1-29-16-23(19-5-3-2-4-6-19)22-8-7-20(13-25(22)29)26(33)32-14-21(15-32)30-9-11-31(12-10-30)27(34)24-17-35-18-28-24/h2-8,13,16-18,21H,9-12,14-15H2,1H3. The molecule has 2 fully saturated rings. The number of rotatable bonds is 4. The van der Waals surface area contributed by atoms with Gasteiger partial charge in [0, 0.05) is 86.0 Å². The quantitative estimate of drug-likeness (QED) is 0.443.